The molecule has 0 spiro atoms. The van der Waals surface area contributed by atoms with Crippen LogP contribution in [0.3, 0.4) is 0 Å². The van der Waals surface area contributed by atoms with Crippen molar-refractivity contribution in [1.29, 1.82) is 0 Å². The van der Waals surface area contributed by atoms with Gasteiger partial charge in [-0.1, -0.05) is 0 Å². The Hall–Kier alpha value is -3.18. The number of allylic oxidation sites excluding steroid dienone is 2. The van der Waals surface area contributed by atoms with Crippen LogP contribution in [0.2, 0.25) is 0 Å². The Balaban J connectivity index is 1.66. The summed E-state index contributed by atoms with van der Waals surface area (Å²) >= 11 is -6.10. The van der Waals surface area contributed by atoms with Gasteiger partial charge in [0.25, 0.3) is 0 Å². The normalized spacial score (nSPS) is 16.8. The molecule has 0 radical (unpaired) electrons. The number of nitrogens with one attached hydrogen (secondary N) is 2. The van der Waals surface area contributed by atoms with Crippen molar-refractivity contribution >= 4 is 46.7 Å². The van der Waals surface area contributed by atoms with E-state index < -0.39 is 20.5 Å². The Kier molecular flexibility index (Phi) is 13.8. The summed E-state index contributed by atoms with van der Waals surface area (Å²) in [6, 6.07) is 30.6. The van der Waals surface area contributed by atoms with E-state index in [1.807, 2.05) is 0 Å². The third kappa shape index (κ3) is 8.09. The predicted octanol–water partition coefficient (Wildman–Crippen LogP) is 12.8. The minimum atomic E-state index is -6.10. The summed E-state index contributed by atoms with van der Waals surface area (Å²) in [7, 11) is 17.6. The molecule has 0 bridgehead atoms. The Morgan fingerprint density at radius 2 is 1.00 bits per heavy atom. The van der Waals surface area contributed by atoms with Crippen LogP contribution in [0, 0.1) is 11.8 Å². The van der Waals surface area contributed by atoms with Gasteiger partial charge in [0.1, 0.15) is 0 Å². The standard InChI is InChI=1S/2C23H27.C2H3BN2O2.2ClH.Hf/c2*1-4-5-9-19-10-6-7-12-21(19)22-13-8-11-20-15-18(14-17(2)3)16-23(20)22;6-1-4-3-5-2-7;;;/h2*6-8,10-13,15-17H,4-5,9,14H2,1-3H3;1-2H,(H-,4,5,6,7);2*1H;/q;;;;;+1/p-1. The van der Waals surface area contributed by atoms with Gasteiger partial charge in [-0.25, -0.2) is 0 Å². The number of benzene rings is 4. The number of unbranched alkanes of at least 4 members (excludes halogenated alkanes) is 2. The second-order valence-corrected chi connectivity index (χ2v) is 47.3. The van der Waals surface area contributed by atoms with Gasteiger partial charge in [-0.15, -0.1) is 0 Å². The average Bonchev–Trinajstić information content (AvgIpc) is 3.75. The van der Waals surface area contributed by atoms with Crippen molar-refractivity contribution in [3.05, 3.63) is 129 Å². The number of fused-ring (bicyclic) bond motifs is 2. The number of hydrogen-bond donors (Lipinski definition) is 2. The average molecular weight is 955 g/mol. The Labute approximate surface area is 344 Å². The third-order valence-corrected chi connectivity index (χ3v) is 40.6. The minimum absolute atomic E-state index is 0.316. The monoisotopic (exact) mass is 955 g/mol. The van der Waals surface area contributed by atoms with Gasteiger partial charge in [0.05, 0.1) is 0 Å². The third-order valence-electron chi connectivity index (χ3n) is 11.9. The van der Waals surface area contributed by atoms with Crippen molar-refractivity contribution in [1.82, 2.24) is 10.5 Å². The first-order valence-corrected chi connectivity index (χ1v) is 35.9. The summed E-state index contributed by atoms with van der Waals surface area (Å²) in [5.74, 6) is 0.633. The number of hydrogen-bond acceptors (Lipinski definition) is 2. The molecule has 2 amide bonds. The van der Waals surface area contributed by atoms with Gasteiger partial charge < -0.3 is 0 Å². The van der Waals surface area contributed by atoms with Crippen molar-refractivity contribution in [3.63, 3.8) is 0 Å². The van der Waals surface area contributed by atoms with E-state index >= 15 is 0 Å². The van der Waals surface area contributed by atoms with Crippen LogP contribution < -0.4 is 10.5 Å². The molecule has 293 valence electrons. The molecule has 0 aromatic heterocycles. The molecule has 6 rings (SSSR count). The van der Waals surface area contributed by atoms with E-state index in [0.29, 0.717) is 24.7 Å². The second-order valence-electron chi connectivity index (χ2n) is 16.9. The molecular weight excluding hydrogens is 897 g/mol. The summed E-state index contributed by atoms with van der Waals surface area (Å²) in [6.07, 6.45) is 14.1. The van der Waals surface area contributed by atoms with E-state index in [9.17, 15) is 9.59 Å². The van der Waals surface area contributed by atoms with Crippen LogP contribution in [0.25, 0.3) is 34.4 Å². The summed E-state index contributed by atoms with van der Waals surface area (Å²) in [6.45, 7) is 13.4. The molecule has 8 heteroatoms. The molecule has 0 aliphatic heterocycles. The molecule has 0 heterocycles. The van der Waals surface area contributed by atoms with Crippen molar-refractivity contribution in [2.45, 2.75) is 100 Å². The molecule has 2 unspecified atom stereocenters. The maximum absolute atomic E-state index is 12.7. The molecule has 56 heavy (non-hydrogen) atoms. The molecule has 4 aromatic rings. The van der Waals surface area contributed by atoms with Gasteiger partial charge in [0.15, 0.2) is 0 Å². The number of halogens is 2. The Morgan fingerprint density at radius 1 is 0.607 bits per heavy atom. The number of rotatable bonds is 19. The molecule has 0 saturated carbocycles. The predicted molar refractivity (Wildman–Crippen MR) is 237 cm³/mol. The number of amides is 2. The SMILES string of the molecule is CCCCc1ccccc1-c1cccc2c1C=C(CC(C)C)[CH]2[Hf]([Cl])([Cl])([B](NC=O)NC=O)[CH]1C(CC(C)C)=Cc2c(-c3ccccc3CCCC)cccc21. The van der Waals surface area contributed by atoms with Crippen LogP contribution in [-0.4, -0.2) is 17.4 Å². The van der Waals surface area contributed by atoms with E-state index in [4.69, 9.17) is 17.2 Å². The number of carbonyl (C=O) groups is 2. The Morgan fingerprint density at radius 3 is 1.38 bits per heavy atom. The summed E-state index contributed by atoms with van der Waals surface area (Å²) in [5, 5.41) is 6.08. The van der Waals surface area contributed by atoms with E-state index in [1.165, 1.54) is 44.5 Å². The molecule has 4 nitrogen and oxygen atoms in total. The van der Waals surface area contributed by atoms with E-state index in [2.05, 4.69) is 149 Å². The quantitative estimate of drug-likeness (QED) is 0.0727. The van der Waals surface area contributed by atoms with Crippen LogP contribution >= 0.6 is 17.2 Å². The van der Waals surface area contributed by atoms with Crippen LogP contribution in [0.5, 0.6) is 0 Å². The number of aryl methyl sites for hydroxylation is 2. The van der Waals surface area contributed by atoms with Gasteiger partial charge in [-0.05, 0) is 0 Å². The van der Waals surface area contributed by atoms with Crippen LogP contribution in [0.4, 0.5) is 0 Å². The van der Waals surface area contributed by atoms with E-state index in [-0.39, 0.29) is 7.35 Å². The fourth-order valence-electron chi connectivity index (χ4n) is 9.74. The van der Waals surface area contributed by atoms with Crippen molar-refractivity contribution in [3.8, 4) is 22.3 Å². The van der Waals surface area contributed by atoms with E-state index in [0.717, 1.165) is 73.6 Å². The van der Waals surface area contributed by atoms with Crippen LogP contribution in [0.15, 0.2) is 96.1 Å². The van der Waals surface area contributed by atoms with Crippen molar-refractivity contribution in [2.24, 2.45) is 11.8 Å². The fraction of sp³-hybridized carbons (Fsp3) is 0.375. The molecule has 4 aromatic carbocycles. The molecule has 2 aliphatic carbocycles. The molecule has 0 saturated heterocycles. The number of carbonyl (C=O) groups excluding carboxylic acids is 2. The topological polar surface area (TPSA) is 58.2 Å². The summed E-state index contributed by atoms with van der Waals surface area (Å²) < 4.78 is -1.70. The zero-order chi connectivity index (χ0) is 40.1. The van der Waals surface area contributed by atoms with Gasteiger partial charge in [-0.3, -0.25) is 0 Å². The molecule has 2 N–H and O–H groups in total. The maximum atomic E-state index is 12.7. The van der Waals surface area contributed by atoms with Crippen molar-refractivity contribution in [2.75, 3.05) is 0 Å². The van der Waals surface area contributed by atoms with Gasteiger partial charge >= 0.3 is 346 Å². The van der Waals surface area contributed by atoms with Crippen LogP contribution in [-0.2, 0) is 38.3 Å². The fourth-order valence-corrected chi connectivity index (χ4v) is 39.2. The molecular formula is C48H58BCl2HfN2O2. The van der Waals surface area contributed by atoms with Gasteiger partial charge in [-0.2, -0.15) is 0 Å². The van der Waals surface area contributed by atoms with E-state index in [1.54, 1.807) is 0 Å². The second kappa shape index (κ2) is 18.2. The molecule has 2 aliphatic rings. The van der Waals surface area contributed by atoms with Crippen LogP contribution in [0.1, 0.15) is 121 Å². The summed E-state index contributed by atoms with van der Waals surface area (Å²) in [4.78, 5) is 25.3. The zero-order valence-electron chi connectivity index (χ0n) is 34.0. The zero-order valence-corrected chi connectivity index (χ0v) is 39.1. The molecule has 0 fully saturated rings. The Bertz CT molecular complexity index is 1980. The van der Waals surface area contributed by atoms with Crippen molar-refractivity contribution < 1.29 is 25.5 Å². The molecule has 2 atom stereocenters. The van der Waals surface area contributed by atoms with Gasteiger partial charge in [0, 0.05) is 0 Å². The first-order chi connectivity index (χ1) is 27.0. The van der Waals surface area contributed by atoms with Gasteiger partial charge in [0.2, 0.25) is 0 Å². The first-order valence-electron chi connectivity index (χ1n) is 20.8. The summed E-state index contributed by atoms with van der Waals surface area (Å²) in [5.41, 5.74) is 14.3. The first kappa shape index (κ1) is 42.4.